The molecular weight excluding hydrogens is 144 g/mol. The lowest BCUT2D eigenvalue weighted by Gasteiger charge is -1.96. The van der Waals surface area contributed by atoms with Crippen LogP contribution in [-0.4, -0.2) is 18.4 Å². The van der Waals surface area contributed by atoms with Gasteiger partial charge in [-0.15, -0.1) is 0 Å². The first-order valence-corrected chi connectivity index (χ1v) is 3.13. The summed E-state index contributed by atoms with van der Waals surface area (Å²) in [5.74, 6) is 0. The molecule has 6 heteroatoms. The van der Waals surface area contributed by atoms with Gasteiger partial charge in [-0.25, -0.2) is 14.9 Å². The second-order valence-corrected chi connectivity index (χ2v) is 1.53. The molecule has 5 nitrogen and oxygen atoms in total. The molecule has 0 saturated carbocycles. The summed E-state index contributed by atoms with van der Waals surface area (Å²) in [7, 11) is 0. The summed E-state index contributed by atoms with van der Waals surface area (Å²) < 4.78 is 4.22. The summed E-state index contributed by atoms with van der Waals surface area (Å²) in [5.41, 5.74) is 4.56. The largest absolute Gasteiger partial charge is 0.427 e. The van der Waals surface area contributed by atoms with Gasteiger partial charge in [-0.05, 0) is 0 Å². The number of imide groups is 1. The standard InChI is InChI=1S/C3H6N2O3S/c1-9-8-3(7)5-2(4)6/h1H3,(H3,4,5,6,7). The van der Waals surface area contributed by atoms with E-state index in [1.54, 1.807) is 11.6 Å². The van der Waals surface area contributed by atoms with E-state index in [1.807, 2.05) is 0 Å². The van der Waals surface area contributed by atoms with Gasteiger partial charge in [0.05, 0.1) is 12.0 Å². The highest BCUT2D eigenvalue weighted by molar-refractivity contribution is 7.94. The van der Waals surface area contributed by atoms with Crippen LogP contribution >= 0.6 is 12.0 Å². The van der Waals surface area contributed by atoms with E-state index >= 15 is 0 Å². The van der Waals surface area contributed by atoms with E-state index in [0.29, 0.717) is 0 Å². The zero-order chi connectivity index (χ0) is 7.28. The maximum atomic E-state index is 10.2. The second-order valence-electron chi connectivity index (χ2n) is 1.03. The summed E-state index contributed by atoms with van der Waals surface area (Å²) in [6.07, 6.45) is 0.690. The van der Waals surface area contributed by atoms with Crippen LogP contribution in [0.15, 0.2) is 0 Å². The third kappa shape index (κ3) is 4.95. The number of hydrogen-bond donors (Lipinski definition) is 2. The molecule has 52 valence electrons. The Kier molecular flexibility index (Phi) is 3.61. The Bertz CT molecular complexity index is 126. The van der Waals surface area contributed by atoms with Crippen molar-refractivity contribution < 1.29 is 13.8 Å². The van der Waals surface area contributed by atoms with E-state index in [1.165, 1.54) is 0 Å². The van der Waals surface area contributed by atoms with Gasteiger partial charge >= 0.3 is 12.1 Å². The van der Waals surface area contributed by atoms with Crippen LogP contribution in [0.1, 0.15) is 0 Å². The van der Waals surface area contributed by atoms with Crippen LogP contribution in [0.25, 0.3) is 0 Å². The molecule has 0 spiro atoms. The van der Waals surface area contributed by atoms with Crippen molar-refractivity contribution in [1.29, 1.82) is 0 Å². The average molecular weight is 150 g/mol. The zero-order valence-electron chi connectivity index (χ0n) is 4.71. The van der Waals surface area contributed by atoms with Gasteiger partial charge in [-0.3, -0.25) is 0 Å². The van der Waals surface area contributed by atoms with Crippen molar-refractivity contribution in [2.45, 2.75) is 0 Å². The van der Waals surface area contributed by atoms with Crippen molar-refractivity contribution in [2.24, 2.45) is 5.73 Å². The summed E-state index contributed by atoms with van der Waals surface area (Å²) >= 11 is 0.832. The minimum absolute atomic E-state index is 0.832. The number of nitrogens with one attached hydrogen (secondary N) is 1. The maximum Gasteiger partial charge on any atom is 0.427 e. The smallest absolute Gasteiger partial charge is 0.375 e. The molecule has 0 aromatic rings. The fraction of sp³-hybridized carbons (Fsp3) is 0.333. The van der Waals surface area contributed by atoms with E-state index in [0.717, 1.165) is 12.0 Å². The van der Waals surface area contributed by atoms with Crippen LogP contribution in [0.3, 0.4) is 0 Å². The molecule has 3 amide bonds. The summed E-state index contributed by atoms with van der Waals surface area (Å²) in [6.45, 7) is 0. The lowest BCUT2D eigenvalue weighted by Crippen LogP contribution is -2.34. The van der Waals surface area contributed by atoms with E-state index < -0.39 is 12.1 Å². The van der Waals surface area contributed by atoms with Crippen LogP contribution in [0.5, 0.6) is 0 Å². The van der Waals surface area contributed by atoms with Crippen molar-refractivity contribution in [3.8, 4) is 0 Å². The van der Waals surface area contributed by atoms with E-state index in [-0.39, 0.29) is 0 Å². The molecule has 0 heterocycles. The molecule has 3 N–H and O–H groups in total. The highest BCUT2D eigenvalue weighted by Gasteiger charge is 2.02. The van der Waals surface area contributed by atoms with Crippen LogP contribution in [-0.2, 0) is 4.18 Å². The highest BCUT2D eigenvalue weighted by Crippen LogP contribution is 1.92. The topological polar surface area (TPSA) is 81.4 Å². The fourth-order valence-corrected chi connectivity index (χ4v) is 0.390. The van der Waals surface area contributed by atoms with Crippen molar-refractivity contribution >= 4 is 24.2 Å². The first-order chi connectivity index (χ1) is 4.16. The van der Waals surface area contributed by atoms with Crippen molar-refractivity contribution in [1.82, 2.24) is 5.32 Å². The van der Waals surface area contributed by atoms with Gasteiger partial charge in [-0.2, -0.15) is 0 Å². The number of hydrogen-bond acceptors (Lipinski definition) is 4. The maximum absolute atomic E-state index is 10.2. The molecule has 0 aliphatic carbocycles. The second kappa shape index (κ2) is 4.02. The number of amides is 3. The molecule has 0 aromatic heterocycles. The molecule has 0 aromatic carbocycles. The fourth-order valence-electron chi connectivity index (χ4n) is 0.197. The van der Waals surface area contributed by atoms with Gasteiger partial charge in [0.2, 0.25) is 0 Å². The van der Waals surface area contributed by atoms with Gasteiger partial charge < -0.3 is 9.92 Å². The van der Waals surface area contributed by atoms with Gasteiger partial charge in [0.25, 0.3) is 0 Å². The minimum atomic E-state index is -0.922. The summed E-state index contributed by atoms with van der Waals surface area (Å²) in [5, 5.41) is 1.70. The Hall–Kier alpha value is -0.910. The van der Waals surface area contributed by atoms with Gasteiger partial charge in [-0.1, -0.05) is 0 Å². The van der Waals surface area contributed by atoms with Gasteiger partial charge in [0.15, 0.2) is 0 Å². The number of rotatable bonds is 1. The normalized spacial score (nSPS) is 8.11. The molecule has 9 heavy (non-hydrogen) atoms. The Morgan fingerprint density at radius 1 is 1.67 bits per heavy atom. The van der Waals surface area contributed by atoms with E-state index in [2.05, 4.69) is 9.92 Å². The van der Waals surface area contributed by atoms with Crippen molar-refractivity contribution in [3.63, 3.8) is 0 Å². The van der Waals surface area contributed by atoms with Crippen LogP contribution < -0.4 is 11.1 Å². The lowest BCUT2D eigenvalue weighted by molar-refractivity contribution is 0.206. The Balaban J connectivity index is 3.39. The number of carbonyl (C=O) groups is 2. The summed E-state index contributed by atoms with van der Waals surface area (Å²) in [4.78, 5) is 20.1. The molecule has 0 rings (SSSR count). The zero-order valence-corrected chi connectivity index (χ0v) is 5.53. The molecule has 0 unspecified atom stereocenters. The average Bonchev–Trinajstić information content (AvgIpc) is 1.63. The molecule has 0 radical (unpaired) electrons. The first-order valence-electron chi connectivity index (χ1n) is 1.98. The number of carbonyl (C=O) groups excluding carboxylic acids is 2. The SMILES string of the molecule is CSOC(=O)NC(N)=O. The third-order valence-electron chi connectivity index (χ3n) is 0.384. The quantitative estimate of drug-likeness (QED) is 0.518. The number of urea groups is 1. The Morgan fingerprint density at radius 3 is 2.56 bits per heavy atom. The minimum Gasteiger partial charge on any atom is -0.375 e. The molecular formula is C3H6N2O3S. The molecule has 0 aliphatic rings. The van der Waals surface area contributed by atoms with Crippen molar-refractivity contribution in [2.75, 3.05) is 6.26 Å². The Morgan fingerprint density at radius 2 is 2.22 bits per heavy atom. The molecule has 0 aliphatic heterocycles. The lowest BCUT2D eigenvalue weighted by atomic mass is 11.0. The van der Waals surface area contributed by atoms with E-state index in [4.69, 9.17) is 0 Å². The predicted octanol–water partition coefficient (Wildman–Crippen LogP) is 0.0693. The highest BCUT2D eigenvalue weighted by atomic mass is 32.2. The molecule has 0 saturated heterocycles. The van der Waals surface area contributed by atoms with Gasteiger partial charge in [0, 0.05) is 6.26 Å². The first kappa shape index (κ1) is 8.09. The number of primary amides is 1. The Labute approximate surface area is 56.1 Å². The van der Waals surface area contributed by atoms with Crippen LogP contribution in [0.4, 0.5) is 9.59 Å². The van der Waals surface area contributed by atoms with Crippen LogP contribution in [0, 0.1) is 0 Å². The van der Waals surface area contributed by atoms with Gasteiger partial charge in [0.1, 0.15) is 0 Å². The number of nitrogens with two attached hydrogens (primary N) is 1. The third-order valence-corrected chi connectivity index (χ3v) is 0.702. The van der Waals surface area contributed by atoms with Crippen molar-refractivity contribution in [3.05, 3.63) is 0 Å². The van der Waals surface area contributed by atoms with Crippen LogP contribution in [0.2, 0.25) is 0 Å². The molecule has 0 bridgehead atoms. The predicted molar refractivity (Wildman–Crippen MR) is 32.7 cm³/mol. The van der Waals surface area contributed by atoms with E-state index in [9.17, 15) is 9.59 Å². The monoisotopic (exact) mass is 150 g/mol. The summed E-state index contributed by atoms with van der Waals surface area (Å²) in [6, 6.07) is -0.922. The molecule has 0 fully saturated rings. The molecule has 0 atom stereocenters.